The second kappa shape index (κ2) is 8.40. The van der Waals surface area contributed by atoms with E-state index in [1.54, 1.807) is 0 Å². The van der Waals surface area contributed by atoms with Gasteiger partial charge < -0.3 is 14.8 Å². The van der Waals surface area contributed by atoms with E-state index in [-0.39, 0.29) is 12.1 Å². The fourth-order valence-corrected chi connectivity index (χ4v) is 2.86. The molecule has 1 aromatic carbocycles. The summed E-state index contributed by atoms with van der Waals surface area (Å²) in [6.07, 6.45) is 3.61. The number of ether oxygens (including phenoxy) is 2. The molecule has 0 aromatic heterocycles. The van der Waals surface area contributed by atoms with Crippen molar-refractivity contribution in [3.05, 3.63) is 29.8 Å². The van der Waals surface area contributed by atoms with Crippen molar-refractivity contribution in [2.75, 3.05) is 19.8 Å². The first-order valence-corrected chi connectivity index (χ1v) is 8.34. The summed E-state index contributed by atoms with van der Waals surface area (Å²) in [7, 11) is 0. The minimum atomic E-state index is 0.277. The Morgan fingerprint density at radius 3 is 2.57 bits per heavy atom. The van der Waals surface area contributed by atoms with Crippen molar-refractivity contribution in [2.24, 2.45) is 5.92 Å². The molecule has 3 unspecified atom stereocenters. The molecule has 0 saturated carbocycles. The predicted octanol–water partition coefficient (Wildman–Crippen LogP) is 3.94. The summed E-state index contributed by atoms with van der Waals surface area (Å²) >= 11 is 0. The van der Waals surface area contributed by atoms with E-state index >= 15 is 0 Å². The standard InChI is InChI=1S/C18H29NO2/c1-4-11-19-17(18-14(3)10-13-21-18)15-6-8-16(9-7-15)20-12-5-2/h6-9,14,17-19H,4-5,10-13H2,1-3H3. The Hall–Kier alpha value is -1.06. The summed E-state index contributed by atoms with van der Waals surface area (Å²) in [5.74, 6) is 1.56. The first kappa shape index (κ1) is 16.3. The maximum absolute atomic E-state index is 5.98. The molecule has 0 amide bonds. The first-order valence-electron chi connectivity index (χ1n) is 8.34. The Labute approximate surface area is 129 Å². The Kier molecular flexibility index (Phi) is 6.52. The van der Waals surface area contributed by atoms with Gasteiger partial charge in [0.2, 0.25) is 0 Å². The highest BCUT2D eigenvalue weighted by Crippen LogP contribution is 2.32. The fraction of sp³-hybridized carbons (Fsp3) is 0.667. The van der Waals surface area contributed by atoms with Crippen LogP contribution in [0.15, 0.2) is 24.3 Å². The highest BCUT2D eigenvalue weighted by Gasteiger charge is 2.32. The van der Waals surface area contributed by atoms with Crippen LogP contribution in [0.4, 0.5) is 0 Å². The van der Waals surface area contributed by atoms with E-state index in [1.165, 1.54) is 5.56 Å². The third-order valence-electron chi connectivity index (χ3n) is 4.10. The van der Waals surface area contributed by atoms with E-state index in [9.17, 15) is 0 Å². The van der Waals surface area contributed by atoms with E-state index < -0.39 is 0 Å². The van der Waals surface area contributed by atoms with Crippen molar-refractivity contribution in [1.29, 1.82) is 0 Å². The molecule has 1 heterocycles. The van der Waals surface area contributed by atoms with Gasteiger partial charge in [-0.2, -0.15) is 0 Å². The van der Waals surface area contributed by atoms with Gasteiger partial charge in [-0.05, 0) is 49.4 Å². The molecule has 2 rings (SSSR count). The van der Waals surface area contributed by atoms with Crippen molar-refractivity contribution in [1.82, 2.24) is 5.32 Å². The van der Waals surface area contributed by atoms with E-state index in [2.05, 4.69) is 50.4 Å². The molecule has 1 fully saturated rings. The SMILES string of the molecule is CCCNC(c1ccc(OCCC)cc1)C1OCCC1C. The minimum absolute atomic E-state index is 0.277. The molecule has 0 aliphatic carbocycles. The van der Waals surface area contributed by atoms with Crippen LogP contribution in [-0.2, 0) is 4.74 Å². The zero-order chi connectivity index (χ0) is 15.1. The largest absolute Gasteiger partial charge is 0.494 e. The van der Waals surface area contributed by atoms with Gasteiger partial charge in [0.25, 0.3) is 0 Å². The van der Waals surface area contributed by atoms with Crippen LogP contribution in [0.1, 0.15) is 51.6 Å². The van der Waals surface area contributed by atoms with Gasteiger partial charge in [-0.1, -0.05) is 32.9 Å². The van der Waals surface area contributed by atoms with Crippen LogP contribution in [0, 0.1) is 5.92 Å². The van der Waals surface area contributed by atoms with Crippen LogP contribution < -0.4 is 10.1 Å². The zero-order valence-electron chi connectivity index (χ0n) is 13.6. The second-order valence-corrected chi connectivity index (χ2v) is 5.95. The number of nitrogens with one attached hydrogen (secondary N) is 1. The number of hydrogen-bond acceptors (Lipinski definition) is 3. The quantitative estimate of drug-likeness (QED) is 0.787. The monoisotopic (exact) mass is 291 g/mol. The lowest BCUT2D eigenvalue weighted by molar-refractivity contribution is 0.0607. The molecule has 0 spiro atoms. The summed E-state index contributed by atoms with van der Waals surface area (Å²) < 4.78 is 11.6. The maximum Gasteiger partial charge on any atom is 0.119 e. The summed E-state index contributed by atoms with van der Waals surface area (Å²) in [5, 5.41) is 3.65. The molecule has 21 heavy (non-hydrogen) atoms. The van der Waals surface area contributed by atoms with Crippen molar-refractivity contribution in [2.45, 2.75) is 52.2 Å². The molecule has 118 valence electrons. The minimum Gasteiger partial charge on any atom is -0.494 e. The molecule has 3 atom stereocenters. The van der Waals surface area contributed by atoms with Gasteiger partial charge in [-0.3, -0.25) is 0 Å². The molecule has 3 heteroatoms. The summed E-state index contributed by atoms with van der Waals surface area (Å²) in [4.78, 5) is 0. The van der Waals surface area contributed by atoms with Crippen LogP contribution in [-0.4, -0.2) is 25.9 Å². The normalized spacial score (nSPS) is 23.2. The lowest BCUT2D eigenvalue weighted by Gasteiger charge is -2.27. The van der Waals surface area contributed by atoms with Crippen LogP contribution in [0.5, 0.6) is 5.75 Å². The molecule has 1 aliphatic rings. The third kappa shape index (κ3) is 4.45. The van der Waals surface area contributed by atoms with Crippen LogP contribution in [0.3, 0.4) is 0 Å². The van der Waals surface area contributed by atoms with Crippen LogP contribution in [0.2, 0.25) is 0 Å². The van der Waals surface area contributed by atoms with Gasteiger partial charge in [0.05, 0.1) is 18.8 Å². The lowest BCUT2D eigenvalue weighted by Crippen LogP contribution is -2.35. The second-order valence-electron chi connectivity index (χ2n) is 5.95. The number of rotatable bonds is 8. The molecule has 1 aromatic rings. The number of benzene rings is 1. The van der Waals surface area contributed by atoms with Gasteiger partial charge in [0.15, 0.2) is 0 Å². The highest BCUT2D eigenvalue weighted by atomic mass is 16.5. The van der Waals surface area contributed by atoms with Crippen molar-refractivity contribution >= 4 is 0 Å². The van der Waals surface area contributed by atoms with Gasteiger partial charge in [-0.25, -0.2) is 0 Å². The average molecular weight is 291 g/mol. The summed E-state index contributed by atoms with van der Waals surface area (Å²) in [6.45, 7) is 9.29. The summed E-state index contributed by atoms with van der Waals surface area (Å²) in [6, 6.07) is 8.78. The first-order chi connectivity index (χ1) is 10.3. The Bertz CT molecular complexity index is 404. The van der Waals surface area contributed by atoms with E-state index in [0.29, 0.717) is 5.92 Å². The van der Waals surface area contributed by atoms with Crippen LogP contribution in [0.25, 0.3) is 0 Å². The Morgan fingerprint density at radius 1 is 1.24 bits per heavy atom. The zero-order valence-corrected chi connectivity index (χ0v) is 13.6. The Morgan fingerprint density at radius 2 is 2.00 bits per heavy atom. The molecule has 1 aliphatic heterocycles. The van der Waals surface area contributed by atoms with Crippen molar-refractivity contribution in [3.8, 4) is 5.75 Å². The lowest BCUT2D eigenvalue weighted by atomic mass is 9.92. The van der Waals surface area contributed by atoms with Crippen molar-refractivity contribution < 1.29 is 9.47 Å². The van der Waals surface area contributed by atoms with Crippen molar-refractivity contribution in [3.63, 3.8) is 0 Å². The molecular weight excluding hydrogens is 262 g/mol. The van der Waals surface area contributed by atoms with Gasteiger partial charge in [-0.15, -0.1) is 0 Å². The fourth-order valence-electron chi connectivity index (χ4n) is 2.86. The van der Waals surface area contributed by atoms with Gasteiger partial charge >= 0.3 is 0 Å². The topological polar surface area (TPSA) is 30.5 Å². The maximum atomic E-state index is 5.98. The molecule has 1 saturated heterocycles. The van der Waals surface area contributed by atoms with Gasteiger partial charge in [0.1, 0.15) is 5.75 Å². The molecule has 0 radical (unpaired) electrons. The van der Waals surface area contributed by atoms with E-state index in [1.807, 2.05) is 0 Å². The molecule has 3 nitrogen and oxygen atoms in total. The van der Waals surface area contributed by atoms with Gasteiger partial charge in [0, 0.05) is 6.61 Å². The van der Waals surface area contributed by atoms with E-state index in [4.69, 9.17) is 9.47 Å². The molecule has 1 N–H and O–H groups in total. The van der Waals surface area contributed by atoms with Crippen LogP contribution >= 0.6 is 0 Å². The molecular formula is C18H29NO2. The number of hydrogen-bond donors (Lipinski definition) is 1. The Balaban J connectivity index is 2.08. The predicted molar refractivity (Wildman–Crippen MR) is 86.8 cm³/mol. The highest BCUT2D eigenvalue weighted by molar-refractivity contribution is 5.30. The molecule has 0 bridgehead atoms. The smallest absolute Gasteiger partial charge is 0.119 e. The average Bonchev–Trinajstić information content (AvgIpc) is 2.93. The third-order valence-corrected chi connectivity index (χ3v) is 4.10. The van der Waals surface area contributed by atoms with E-state index in [0.717, 1.165) is 44.8 Å². The summed E-state index contributed by atoms with van der Waals surface area (Å²) in [5.41, 5.74) is 1.30.